The number of alkyl halides is 3. The molecule has 1 aromatic rings. The molecule has 0 heterocycles. The van der Waals surface area contributed by atoms with Crippen LogP contribution in [0.15, 0.2) is 29.2 Å². The monoisotopic (exact) mass is 281 g/mol. The van der Waals surface area contributed by atoms with Crippen LogP contribution in [-0.4, -0.2) is 19.8 Å². The SMILES string of the molecule is CC(CC(F)(F)F)S(=O)(=O)c1ccc(CN)cc1. The predicted molar refractivity (Wildman–Crippen MR) is 61.7 cm³/mol. The summed E-state index contributed by atoms with van der Waals surface area (Å²) in [6, 6.07) is 5.55. The summed E-state index contributed by atoms with van der Waals surface area (Å²) in [4.78, 5) is -0.114. The molecular weight excluding hydrogens is 267 g/mol. The van der Waals surface area contributed by atoms with E-state index in [2.05, 4.69) is 0 Å². The normalized spacial score (nSPS) is 14.5. The zero-order chi connectivity index (χ0) is 14.0. The van der Waals surface area contributed by atoms with Crippen LogP contribution in [0.4, 0.5) is 13.2 Å². The lowest BCUT2D eigenvalue weighted by Crippen LogP contribution is -2.25. The van der Waals surface area contributed by atoms with Crippen LogP contribution in [0.3, 0.4) is 0 Å². The van der Waals surface area contributed by atoms with Gasteiger partial charge in [-0.3, -0.25) is 0 Å². The zero-order valence-corrected chi connectivity index (χ0v) is 10.6. The highest BCUT2D eigenvalue weighted by molar-refractivity contribution is 7.92. The highest BCUT2D eigenvalue weighted by Crippen LogP contribution is 2.27. The van der Waals surface area contributed by atoms with Crippen LogP contribution in [-0.2, 0) is 16.4 Å². The molecule has 1 atom stereocenters. The minimum Gasteiger partial charge on any atom is -0.326 e. The minimum absolute atomic E-state index is 0.114. The summed E-state index contributed by atoms with van der Waals surface area (Å²) in [5.41, 5.74) is 6.07. The highest BCUT2D eigenvalue weighted by atomic mass is 32.2. The van der Waals surface area contributed by atoms with Crippen molar-refractivity contribution in [3.63, 3.8) is 0 Å². The second-order valence-corrected chi connectivity index (χ2v) is 6.39. The number of nitrogens with two attached hydrogens (primary N) is 1. The van der Waals surface area contributed by atoms with Crippen molar-refractivity contribution in [3.8, 4) is 0 Å². The van der Waals surface area contributed by atoms with Gasteiger partial charge in [0.2, 0.25) is 0 Å². The third kappa shape index (κ3) is 3.71. The van der Waals surface area contributed by atoms with Gasteiger partial charge in [-0.1, -0.05) is 12.1 Å². The van der Waals surface area contributed by atoms with Gasteiger partial charge in [-0.05, 0) is 24.6 Å². The summed E-state index contributed by atoms with van der Waals surface area (Å²) < 4.78 is 60.3. The number of halogens is 3. The van der Waals surface area contributed by atoms with Gasteiger partial charge in [0.1, 0.15) is 0 Å². The van der Waals surface area contributed by atoms with E-state index < -0.39 is 27.7 Å². The molecule has 0 radical (unpaired) electrons. The highest BCUT2D eigenvalue weighted by Gasteiger charge is 2.36. The van der Waals surface area contributed by atoms with E-state index in [9.17, 15) is 21.6 Å². The number of sulfone groups is 1. The Bertz CT molecular complexity index is 494. The molecule has 0 aromatic heterocycles. The first-order valence-electron chi connectivity index (χ1n) is 5.26. The Morgan fingerprint density at radius 1 is 1.22 bits per heavy atom. The van der Waals surface area contributed by atoms with E-state index in [0.717, 1.165) is 12.5 Å². The van der Waals surface area contributed by atoms with Crippen molar-refractivity contribution in [2.45, 2.75) is 36.2 Å². The third-order valence-electron chi connectivity index (χ3n) is 2.54. The Balaban J connectivity index is 2.98. The molecule has 2 N–H and O–H groups in total. The van der Waals surface area contributed by atoms with Crippen LogP contribution >= 0.6 is 0 Å². The topological polar surface area (TPSA) is 60.2 Å². The van der Waals surface area contributed by atoms with Crippen LogP contribution in [0.5, 0.6) is 0 Å². The average Bonchev–Trinajstić information content (AvgIpc) is 2.27. The fourth-order valence-electron chi connectivity index (χ4n) is 1.48. The Morgan fingerprint density at radius 3 is 2.11 bits per heavy atom. The molecule has 102 valence electrons. The summed E-state index contributed by atoms with van der Waals surface area (Å²) in [6.07, 6.45) is -5.85. The van der Waals surface area contributed by atoms with Crippen molar-refractivity contribution in [3.05, 3.63) is 29.8 Å². The van der Waals surface area contributed by atoms with E-state index in [4.69, 9.17) is 5.73 Å². The van der Waals surface area contributed by atoms with Gasteiger partial charge in [-0.25, -0.2) is 8.42 Å². The molecule has 7 heteroatoms. The van der Waals surface area contributed by atoms with Crippen LogP contribution < -0.4 is 5.73 Å². The molecule has 1 unspecified atom stereocenters. The molecule has 0 spiro atoms. The lowest BCUT2D eigenvalue weighted by molar-refractivity contribution is -0.133. The van der Waals surface area contributed by atoms with E-state index in [1.165, 1.54) is 24.3 Å². The van der Waals surface area contributed by atoms with Gasteiger partial charge in [0.15, 0.2) is 9.84 Å². The fraction of sp³-hybridized carbons (Fsp3) is 0.455. The van der Waals surface area contributed by atoms with Crippen molar-refractivity contribution < 1.29 is 21.6 Å². The van der Waals surface area contributed by atoms with Crippen molar-refractivity contribution in [1.82, 2.24) is 0 Å². The van der Waals surface area contributed by atoms with Crippen LogP contribution in [0.25, 0.3) is 0 Å². The first-order chi connectivity index (χ1) is 8.16. The third-order valence-corrected chi connectivity index (χ3v) is 4.69. The van der Waals surface area contributed by atoms with Gasteiger partial charge in [0.25, 0.3) is 0 Å². The average molecular weight is 281 g/mol. The van der Waals surface area contributed by atoms with Gasteiger partial charge in [-0.2, -0.15) is 13.2 Å². The predicted octanol–water partition coefficient (Wildman–Crippen LogP) is 2.26. The number of rotatable bonds is 4. The molecule has 0 fully saturated rings. The maximum absolute atomic E-state index is 12.2. The van der Waals surface area contributed by atoms with Gasteiger partial charge in [0, 0.05) is 6.54 Å². The first-order valence-corrected chi connectivity index (χ1v) is 6.81. The fourth-order valence-corrected chi connectivity index (χ4v) is 2.87. The maximum Gasteiger partial charge on any atom is 0.390 e. The summed E-state index contributed by atoms with van der Waals surface area (Å²) in [7, 11) is -3.96. The van der Waals surface area contributed by atoms with Gasteiger partial charge in [0.05, 0.1) is 16.6 Å². The van der Waals surface area contributed by atoms with E-state index in [1.807, 2.05) is 0 Å². The largest absolute Gasteiger partial charge is 0.390 e. The number of benzene rings is 1. The van der Waals surface area contributed by atoms with Crippen molar-refractivity contribution in [1.29, 1.82) is 0 Å². The first kappa shape index (κ1) is 15.0. The summed E-state index contributed by atoms with van der Waals surface area (Å²) in [5, 5.41) is -1.50. The lowest BCUT2D eigenvalue weighted by Gasteiger charge is -2.15. The molecule has 0 saturated carbocycles. The van der Waals surface area contributed by atoms with Gasteiger partial charge < -0.3 is 5.73 Å². The standard InChI is InChI=1S/C11H14F3NO2S/c1-8(6-11(12,13)14)18(16,17)10-4-2-9(7-15)3-5-10/h2-5,8H,6-7,15H2,1H3. The van der Waals surface area contributed by atoms with E-state index >= 15 is 0 Å². The molecule has 0 aliphatic heterocycles. The second-order valence-electron chi connectivity index (χ2n) is 4.02. The Labute approximate surface area is 104 Å². The smallest absolute Gasteiger partial charge is 0.326 e. The van der Waals surface area contributed by atoms with Crippen molar-refractivity contribution in [2.75, 3.05) is 0 Å². The molecule has 0 amide bonds. The lowest BCUT2D eigenvalue weighted by atomic mass is 10.2. The molecule has 18 heavy (non-hydrogen) atoms. The summed E-state index contributed by atoms with van der Waals surface area (Å²) in [5.74, 6) is 0. The second kappa shape index (κ2) is 5.27. The zero-order valence-electron chi connectivity index (χ0n) is 9.74. The molecule has 0 aliphatic rings. The summed E-state index contributed by atoms with van der Waals surface area (Å²) in [6.45, 7) is 1.30. The Hall–Kier alpha value is -1.08. The quantitative estimate of drug-likeness (QED) is 0.921. The molecular formula is C11H14F3NO2S. The Morgan fingerprint density at radius 2 is 1.72 bits per heavy atom. The molecule has 1 aromatic carbocycles. The van der Waals surface area contributed by atoms with Crippen LogP contribution in [0.2, 0.25) is 0 Å². The maximum atomic E-state index is 12.2. The van der Waals surface area contributed by atoms with Crippen LogP contribution in [0.1, 0.15) is 18.9 Å². The Kier molecular flexibility index (Phi) is 4.39. The molecule has 0 bridgehead atoms. The van der Waals surface area contributed by atoms with E-state index in [1.54, 1.807) is 0 Å². The molecule has 1 rings (SSSR count). The molecule has 3 nitrogen and oxygen atoms in total. The molecule has 0 saturated heterocycles. The van der Waals surface area contributed by atoms with Crippen molar-refractivity contribution in [2.24, 2.45) is 5.73 Å². The molecule has 0 aliphatic carbocycles. The minimum atomic E-state index is -4.50. The van der Waals surface area contributed by atoms with Gasteiger partial charge in [-0.15, -0.1) is 0 Å². The van der Waals surface area contributed by atoms with Gasteiger partial charge >= 0.3 is 6.18 Å². The van der Waals surface area contributed by atoms with Crippen molar-refractivity contribution >= 4 is 9.84 Å². The summed E-state index contributed by atoms with van der Waals surface area (Å²) >= 11 is 0. The number of hydrogen-bond acceptors (Lipinski definition) is 3. The number of hydrogen-bond donors (Lipinski definition) is 1. The van der Waals surface area contributed by atoms with E-state index in [-0.39, 0.29) is 11.4 Å². The van der Waals surface area contributed by atoms with Crippen LogP contribution in [0, 0.1) is 0 Å². The van der Waals surface area contributed by atoms with E-state index in [0.29, 0.717) is 0 Å².